The zero-order chi connectivity index (χ0) is 11.0. The van der Waals surface area contributed by atoms with Crippen LogP contribution in [-0.4, -0.2) is 30.6 Å². The molecule has 1 heterocycles. The molecule has 1 saturated heterocycles. The third-order valence-corrected chi connectivity index (χ3v) is 2.21. The molecule has 1 aliphatic heterocycles. The second kappa shape index (κ2) is 3.44. The van der Waals surface area contributed by atoms with Crippen molar-refractivity contribution in [2.75, 3.05) is 13.2 Å². The number of hydrogen-bond acceptors (Lipinski definition) is 4. The zero-order valence-corrected chi connectivity index (χ0v) is 9.05. The predicted octanol–water partition coefficient (Wildman–Crippen LogP) is 0.934. The van der Waals surface area contributed by atoms with Crippen molar-refractivity contribution in [1.29, 1.82) is 0 Å². The molecule has 80 valence electrons. The van der Waals surface area contributed by atoms with E-state index in [1.807, 2.05) is 13.8 Å². The fraction of sp³-hybridized carbons (Fsp3) is 0.800. The molecular formula is C10H16O4. The van der Waals surface area contributed by atoms with Gasteiger partial charge in [-0.25, -0.2) is 0 Å². The molecular weight excluding hydrogens is 184 g/mol. The Morgan fingerprint density at radius 3 is 1.86 bits per heavy atom. The Hall–Kier alpha value is -0.740. The minimum absolute atomic E-state index is 0.101. The highest BCUT2D eigenvalue weighted by Gasteiger charge is 2.44. The van der Waals surface area contributed by atoms with E-state index in [0.29, 0.717) is 13.2 Å². The van der Waals surface area contributed by atoms with Crippen LogP contribution in [0.5, 0.6) is 0 Å². The van der Waals surface area contributed by atoms with E-state index >= 15 is 0 Å². The van der Waals surface area contributed by atoms with Crippen LogP contribution in [0.25, 0.3) is 0 Å². The summed E-state index contributed by atoms with van der Waals surface area (Å²) >= 11 is 0. The quantitative estimate of drug-likeness (QED) is 0.622. The normalized spacial score (nSPS) is 24.3. The average Bonchev–Trinajstić information content (AvgIpc) is 2.09. The first-order valence-corrected chi connectivity index (χ1v) is 4.60. The molecule has 14 heavy (non-hydrogen) atoms. The monoisotopic (exact) mass is 200 g/mol. The van der Waals surface area contributed by atoms with Crippen LogP contribution in [0.3, 0.4) is 0 Å². The summed E-state index contributed by atoms with van der Waals surface area (Å²) in [5.74, 6) is -2.53. The zero-order valence-electron chi connectivity index (χ0n) is 9.05. The summed E-state index contributed by atoms with van der Waals surface area (Å²) in [6.07, 6.45) is 0. The van der Waals surface area contributed by atoms with Crippen LogP contribution in [0.1, 0.15) is 27.7 Å². The molecule has 0 radical (unpaired) electrons. The largest absolute Gasteiger partial charge is 0.343 e. The number of carbonyl (C=O) groups excluding carboxylic acids is 2. The van der Waals surface area contributed by atoms with Crippen LogP contribution in [0.2, 0.25) is 0 Å². The van der Waals surface area contributed by atoms with Gasteiger partial charge in [0.1, 0.15) is 0 Å². The smallest absolute Gasteiger partial charge is 0.256 e. The fourth-order valence-electron chi connectivity index (χ4n) is 1.20. The van der Waals surface area contributed by atoms with Crippen molar-refractivity contribution in [3.05, 3.63) is 0 Å². The van der Waals surface area contributed by atoms with Crippen molar-refractivity contribution in [2.24, 2.45) is 5.41 Å². The van der Waals surface area contributed by atoms with Crippen molar-refractivity contribution in [3.63, 3.8) is 0 Å². The lowest BCUT2D eigenvalue weighted by atomic mass is 9.94. The molecule has 0 aliphatic carbocycles. The maximum atomic E-state index is 11.4. The Balaban J connectivity index is 2.71. The minimum Gasteiger partial charge on any atom is -0.343 e. The third-order valence-electron chi connectivity index (χ3n) is 2.21. The molecule has 1 fully saturated rings. The lowest BCUT2D eigenvalue weighted by molar-refractivity contribution is -0.271. The fourth-order valence-corrected chi connectivity index (χ4v) is 1.20. The van der Waals surface area contributed by atoms with Gasteiger partial charge in [-0.15, -0.1) is 0 Å². The van der Waals surface area contributed by atoms with E-state index in [1.54, 1.807) is 0 Å². The van der Waals surface area contributed by atoms with Gasteiger partial charge in [0, 0.05) is 12.3 Å². The van der Waals surface area contributed by atoms with E-state index in [2.05, 4.69) is 0 Å². The molecule has 1 rings (SSSR count). The average molecular weight is 200 g/mol. The van der Waals surface area contributed by atoms with Gasteiger partial charge < -0.3 is 9.47 Å². The van der Waals surface area contributed by atoms with E-state index < -0.39 is 17.4 Å². The van der Waals surface area contributed by atoms with Gasteiger partial charge in [-0.2, -0.15) is 0 Å². The molecule has 0 aromatic heterocycles. The SMILES string of the molecule is CC(=O)C(=O)C1(C)OCC(C)(C)CO1. The maximum Gasteiger partial charge on any atom is 0.256 e. The molecule has 0 saturated carbocycles. The summed E-state index contributed by atoms with van der Waals surface area (Å²) < 4.78 is 10.6. The summed E-state index contributed by atoms with van der Waals surface area (Å²) in [6.45, 7) is 7.51. The van der Waals surface area contributed by atoms with E-state index in [1.165, 1.54) is 13.8 Å². The van der Waals surface area contributed by atoms with Gasteiger partial charge >= 0.3 is 0 Å². The molecule has 0 aromatic carbocycles. The number of hydrogen-bond donors (Lipinski definition) is 0. The summed E-state index contributed by atoms with van der Waals surface area (Å²) in [6, 6.07) is 0. The van der Waals surface area contributed by atoms with Gasteiger partial charge in [-0.1, -0.05) is 13.8 Å². The van der Waals surface area contributed by atoms with Crippen molar-refractivity contribution in [1.82, 2.24) is 0 Å². The van der Waals surface area contributed by atoms with E-state index in [-0.39, 0.29) is 5.41 Å². The number of ketones is 2. The summed E-state index contributed by atoms with van der Waals surface area (Å²) in [7, 11) is 0. The topological polar surface area (TPSA) is 52.6 Å². The third kappa shape index (κ3) is 2.19. The first-order chi connectivity index (χ1) is 6.27. The molecule has 4 heteroatoms. The molecule has 0 spiro atoms. The van der Waals surface area contributed by atoms with E-state index in [9.17, 15) is 9.59 Å². The molecule has 0 N–H and O–H groups in total. The van der Waals surface area contributed by atoms with Crippen LogP contribution < -0.4 is 0 Å². The number of ether oxygens (including phenoxy) is 2. The van der Waals surface area contributed by atoms with E-state index in [4.69, 9.17) is 9.47 Å². The van der Waals surface area contributed by atoms with Crippen molar-refractivity contribution in [3.8, 4) is 0 Å². The molecule has 0 amide bonds. The Labute approximate surface area is 83.6 Å². The van der Waals surface area contributed by atoms with Gasteiger partial charge in [0.2, 0.25) is 11.6 Å². The van der Waals surface area contributed by atoms with Crippen molar-refractivity contribution < 1.29 is 19.1 Å². The van der Waals surface area contributed by atoms with Crippen LogP contribution in [0.15, 0.2) is 0 Å². The Morgan fingerprint density at radius 1 is 1.07 bits per heavy atom. The molecule has 0 aromatic rings. The Bertz CT molecular complexity index is 257. The van der Waals surface area contributed by atoms with Gasteiger partial charge in [0.15, 0.2) is 0 Å². The molecule has 0 unspecified atom stereocenters. The number of rotatable bonds is 2. The molecule has 4 nitrogen and oxygen atoms in total. The van der Waals surface area contributed by atoms with Gasteiger partial charge in [0.25, 0.3) is 5.78 Å². The predicted molar refractivity (Wildman–Crippen MR) is 49.8 cm³/mol. The first-order valence-electron chi connectivity index (χ1n) is 4.60. The van der Waals surface area contributed by atoms with Crippen LogP contribution in [0.4, 0.5) is 0 Å². The second-order valence-electron chi connectivity index (χ2n) is 4.57. The lowest BCUT2D eigenvalue weighted by Gasteiger charge is -2.39. The lowest BCUT2D eigenvalue weighted by Crippen LogP contribution is -2.52. The number of Topliss-reactive ketones (excluding diaryl/α,β-unsaturated/α-hetero) is 2. The van der Waals surface area contributed by atoms with Crippen molar-refractivity contribution >= 4 is 11.6 Å². The second-order valence-corrected chi connectivity index (χ2v) is 4.57. The minimum atomic E-state index is -1.37. The highest BCUT2D eigenvalue weighted by Crippen LogP contribution is 2.29. The van der Waals surface area contributed by atoms with Gasteiger partial charge in [-0.05, 0) is 6.92 Å². The van der Waals surface area contributed by atoms with Crippen LogP contribution in [0, 0.1) is 5.41 Å². The van der Waals surface area contributed by atoms with Gasteiger partial charge in [-0.3, -0.25) is 9.59 Å². The Morgan fingerprint density at radius 2 is 1.50 bits per heavy atom. The first kappa shape index (κ1) is 11.3. The summed E-state index contributed by atoms with van der Waals surface area (Å²) in [4.78, 5) is 22.3. The Kier molecular flexibility index (Phi) is 2.78. The van der Waals surface area contributed by atoms with Crippen LogP contribution in [-0.2, 0) is 19.1 Å². The standard InChI is InChI=1S/C10H16O4/c1-7(11)8(12)10(4)13-5-9(2,3)6-14-10/h5-6H2,1-4H3. The highest BCUT2D eigenvalue weighted by atomic mass is 16.7. The van der Waals surface area contributed by atoms with E-state index in [0.717, 1.165) is 0 Å². The van der Waals surface area contributed by atoms with Crippen molar-refractivity contribution in [2.45, 2.75) is 33.5 Å². The van der Waals surface area contributed by atoms with Gasteiger partial charge in [0.05, 0.1) is 13.2 Å². The maximum absolute atomic E-state index is 11.4. The molecule has 0 atom stereocenters. The summed E-state index contributed by atoms with van der Waals surface area (Å²) in [5, 5.41) is 0. The van der Waals surface area contributed by atoms with Crippen LogP contribution >= 0.6 is 0 Å². The molecule has 0 bridgehead atoms. The highest BCUT2D eigenvalue weighted by molar-refractivity contribution is 6.38. The number of carbonyl (C=O) groups is 2. The summed E-state index contributed by atoms with van der Waals surface area (Å²) in [5.41, 5.74) is -0.101. The molecule has 1 aliphatic rings.